The second-order valence-corrected chi connectivity index (χ2v) is 6.40. The van der Waals surface area contributed by atoms with Crippen molar-refractivity contribution in [2.75, 3.05) is 6.54 Å². The highest BCUT2D eigenvalue weighted by molar-refractivity contribution is 5.15. The average Bonchev–Trinajstić information content (AvgIpc) is 2.81. The number of furan rings is 1. The Morgan fingerprint density at radius 3 is 2.94 bits per heavy atom. The fraction of sp³-hybridized carbons (Fsp3) is 0.733. The first-order valence-electron chi connectivity index (χ1n) is 7.07. The van der Waals surface area contributed by atoms with Crippen molar-refractivity contribution in [2.45, 2.75) is 57.2 Å². The van der Waals surface area contributed by atoms with Crippen LogP contribution in [0.3, 0.4) is 0 Å². The van der Waals surface area contributed by atoms with Crippen molar-refractivity contribution in [3.63, 3.8) is 0 Å². The first-order chi connectivity index (χ1) is 8.57. The van der Waals surface area contributed by atoms with Gasteiger partial charge in [-0.3, -0.25) is 4.90 Å². The van der Waals surface area contributed by atoms with Crippen molar-refractivity contribution in [1.82, 2.24) is 4.90 Å². The molecule has 3 heterocycles. The summed E-state index contributed by atoms with van der Waals surface area (Å²) in [6, 6.07) is 3.12. The fourth-order valence-corrected chi connectivity index (χ4v) is 3.77. The first-order valence-corrected chi connectivity index (χ1v) is 7.07. The number of hydrogen-bond donors (Lipinski definition) is 1. The lowest BCUT2D eigenvalue weighted by Crippen LogP contribution is -2.56. The van der Waals surface area contributed by atoms with Crippen molar-refractivity contribution < 1.29 is 9.52 Å². The molecule has 3 heteroatoms. The van der Waals surface area contributed by atoms with Gasteiger partial charge in [0.05, 0.1) is 18.1 Å². The lowest BCUT2D eigenvalue weighted by Gasteiger charge is -2.51. The summed E-state index contributed by atoms with van der Waals surface area (Å²) in [6.07, 6.45) is 8.11. The van der Waals surface area contributed by atoms with Gasteiger partial charge in [-0.25, -0.2) is 0 Å². The van der Waals surface area contributed by atoms with E-state index >= 15 is 0 Å². The van der Waals surface area contributed by atoms with Gasteiger partial charge in [0.1, 0.15) is 0 Å². The molecular formula is C15H23NO2. The third-order valence-corrected chi connectivity index (χ3v) is 4.81. The quantitative estimate of drug-likeness (QED) is 0.831. The number of piperidine rings is 2. The van der Waals surface area contributed by atoms with Crippen LogP contribution in [0.25, 0.3) is 0 Å². The number of nitrogens with zero attached hydrogens (tertiary/aromatic N) is 1. The van der Waals surface area contributed by atoms with E-state index in [2.05, 4.69) is 17.9 Å². The van der Waals surface area contributed by atoms with E-state index in [0.717, 1.165) is 25.3 Å². The molecular weight excluding hydrogens is 226 g/mol. The number of fused-ring (bicyclic) bond motifs is 1. The monoisotopic (exact) mass is 249 g/mol. The van der Waals surface area contributed by atoms with Gasteiger partial charge in [-0.2, -0.15) is 0 Å². The van der Waals surface area contributed by atoms with E-state index in [0.29, 0.717) is 12.1 Å². The van der Waals surface area contributed by atoms with Crippen LogP contribution < -0.4 is 0 Å². The minimum absolute atomic E-state index is 0.428. The van der Waals surface area contributed by atoms with E-state index in [4.69, 9.17) is 4.42 Å². The van der Waals surface area contributed by atoms with Gasteiger partial charge in [0.25, 0.3) is 0 Å². The molecule has 1 N–H and O–H groups in total. The molecule has 0 aliphatic carbocycles. The van der Waals surface area contributed by atoms with E-state index in [1.54, 1.807) is 6.26 Å². The van der Waals surface area contributed by atoms with E-state index in [1.807, 2.05) is 13.2 Å². The van der Waals surface area contributed by atoms with Crippen LogP contribution in [0, 0.1) is 5.92 Å². The second kappa shape index (κ2) is 4.39. The molecule has 2 fully saturated rings. The van der Waals surface area contributed by atoms with Crippen molar-refractivity contribution in [1.29, 1.82) is 0 Å². The Kier molecular flexibility index (Phi) is 2.99. The third kappa shape index (κ3) is 2.10. The zero-order valence-electron chi connectivity index (χ0n) is 11.3. The summed E-state index contributed by atoms with van der Waals surface area (Å²) in [7, 11) is 0. The van der Waals surface area contributed by atoms with Crippen molar-refractivity contribution in [3.8, 4) is 0 Å². The SMILES string of the molecule is C[C@H]1CC[C@H](c2ccoc2)N2C[C@@](C)(O)CC[C@H]12. The lowest BCUT2D eigenvalue weighted by atomic mass is 9.77. The van der Waals surface area contributed by atoms with Crippen molar-refractivity contribution in [3.05, 3.63) is 24.2 Å². The van der Waals surface area contributed by atoms with E-state index in [-0.39, 0.29) is 0 Å². The molecule has 3 rings (SSSR count). The number of aliphatic hydroxyl groups is 1. The van der Waals surface area contributed by atoms with Gasteiger partial charge in [-0.05, 0) is 44.6 Å². The molecule has 0 bridgehead atoms. The number of rotatable bonds is 1. The van der Waals surface area contributed by atoms with Crippen LogP contribution in [0.4, 0.5) is 0 Å². The van der Waals surface area contributed by atoms with Crippen molar-refractivity contribution in [2.24, 2.45) is 5.92 Å². The third-order valence-electron chi connectivity index (χ3n) is 4.81. The van der Waals surface area contributed by atoms with Gasteiger partial charge in [-0.1, -0.05) is 6.92 Å². The molecule has 4 atom stereocenters. The Labute approximate surface area is 109 Å². The molecule has 0 unspecified atom stereocenters. The number of hydrogen-bond acceptors (Lipinski definition) is 3. The van der Waals surface area contributed by atoms with Crippen LogP contribution in [0.15, 0.2) is 23.0 Å². The Balaban J connectivity index is 1.87. The van der Waals surface area contributed by atoms with Crippen molar-refractivity contribution >= 4 is 0 Å². The molecule has 3 nitrogen and oxygen atoms in total. The Hall–Kier alpha value is -0.800. The highest BCUT2D eigenvalue weighted by atomic mass is 16.3. The summed E-state index contributed by atoms with van der Waals surface area (Å²) in [6.45, 7) is 5.11. The summed E-state index contributed by atoms with van der Waals surface area (Å²) in [5, 5.41) is 10.3. The Morgan fingerprint density at radius 1 is 1.39 bits per heavy atom. The van der Waals surface area contributed by atoms with Gasteiger partial charge in [0, 0.05) is 24.2 Å². The topological polar surface area (TPSA) is 36.6 Å². The van der Waals surface area contributed by atoms with Crippen LogP contribution in [-0.4, -0.2) is 28.2 Å². The molecule has 1 aromatic rings. The fourth-order valence-electron chi connectivity index (χ4n) is 3.77. The van der Waals surface area contributed by atoms with Crippen LogP contribution >= 0.6 is 0 Å². The molecule has 0 saturated carbocycles. The summed E-state index contributed by atoms with van der Waals surface area (Å²) in [4.78, 5) is 2.52. The molecule has 0 spiro atoms. The molecule has 18 heavy (non-hydrogen) atoms. The Bertz CT molecular complexity index is 399. The van der Waals surface area contributed by atoms with Gasteiger partial charge in [0.2, 0.25) is 0 Å². The van der Waals surface area contributed by atoms with Crippen LogP contribution in [0.1, 0.15) is 51.1 Å². The van der Waals surface area contributed by atoms with Crippen LogP contribution in [0.2, 0.25) is 0 Å². The highest BCUT2D eigenvalue weighted by Gasteiger charge is 2.43. The smallest absolute Gasteiger partial charge is 0.0950 e. The standard InChI is InChI=1S/C15H23NO2/c1-11-3-4-14(12-6-8-18-9-12)16-10-15(2,17)7-5-13(11)16/h6,8-9,11,13-14,17H,3-5,7,10H2,1-2H3/t11-,13+,14+,15-/m0/s1. The van der Waals surface area contributed by atoms with E-state index in [1.165, 1.54) is 18.4 Å². The molecule has 1 aromatic heterocycles. The Morgan fingerprint density at radius 2 is 2.22 bits per heavy atom. The van der Waals surface area contributed by atoms with E-state index in [9.17, 15) is 5.11 Å². The molecule has 2 saturated heterocycles. The summed E-state index contributed by atoms with van der Waals surface area (Å²) in [5.41, 5.74) is 0.736. The summed E-state index contributed by atoms with van der Waals surface area (Å²) in [5.74, 6) is 0.740. The first kappa shape index (κ1) is 12.2. The highest BCUT2D eigenvalue weighted by Crippen LogP contribution is 2.43. The molecule has 0 amide bonds. The maximum absolute atomic E-state index is 10.3. The maximum atomic E-state index is 10.3. The normalized spacial score (nSPS) is 41.6. The molecule has 2 aliphatic heterocycles. The predicted octanol–water partition coefficient (Wildman–Crippen LogP) is 2.97. The second-order valence-electron chi connectivity index (χ2n) is 6.40. The van der Waals surface area contributed by atoms with Gasteiger partial charge >= 0.3 is 0 Å². The van der Waals surface area contributed by atoms with Gasteiger partial charge in [-0.15, -0.1) is 0 Å². The minimum Gasteiger partial charge on any atom is -0.472 e. The van der Waals surface area contributed by atoms with Gasteiger partial charge < -0.3 is 9.52 Å². The zero-order valence-corrected chi connectivity index (χ0v) is 11.3. The lowest BCUT2D eigenvalue weighted by molar-refractivity contribution is -0.0852. The summed E-state index contributed by atoms with van der Waals surface area (Å²) < 4.78 is 5.24. The minimum atomic E-state index is -0.532. The molecule has 0 aromatic carbocycles. The van der Waals surface area contributed by atoms with Gasteiger partial charge in [0.15, 0.2) is 0 Å². The zero-order chi connectivity index (χ0) is 12.8. The summed E-state index contributed by atoms with van der Waals surface area (Å²) >= 11 is 0. The predicted molar refractivity (Wildman–Crippen MR) is 70.2 cm³/mol. The maximum Gasteiger partial charge on any atom is 0.0950 e. The van der Waals surface area contributed by atoms with Crippen LogP contribution in [0.5, 0.6) is 0 Å². The van der Waals surface area contributed by atoms with Crippen LogP contribution in [-0.2, 0) is 0 Å². The molecule has 0 radical (unpaired) electrons. The largest absolute Gasteiger partial charge is 0.472 e. The average molecular weight is 249 g/mol. The molecule has 100 valence electrons. The molecule has 2 aliphatic rings. The van der Waals surface area contributed by atoms with E-state index < -0.39 is 5.60 Å².